The molecule has 0 aliphatic carbocycles. The molecule has 180 valence electrons. The van der Waals surface area contributed by atoms with Gasteiger partial charge < -0.3 is 10.1 Å². The number of hydrogen-bond acceptors (Lipinski definition) is 4. The van der Waals surface area contributed by atoms with Crippen molar-refractivity contribution in [3.63, 3.8) is 0 Å². The number of carbonyl (C=O) groups excluding carboxylic acids is 1. The van der Waals surface area contributed by atoms with Crippen LogP contribution in [-0.4, -0.2) is 27.5 Å². The van der Waals surface area contributed by atoms with E-state index in [0.717, 1.165) is 28.9 Å². The van der Waals surface area contributed by atoms with Crippen molar-refractivity contribution in [3.8, 4) is 16.9 Å². The summed E-state index contributed by atoms with van der Waals surface area (Å²) in [5.41, 5.74) is 4.65. The van der Waals surface area contributed by atoms with Crippen molar-refractivity contribution >= 4 is 23.2 Å². The van der Waals surface area contributed by atoms with Gasteiger partial charge in [-0.3, -0.25) is 4.79 Å². The van der Waals surface area contributed by atoms with E-state index in [-0.39, 0.29) is 11.6 Å². The zero-order chi connectivity index (χ0) is 24.8. The number of anilines is 1. The predicted octanol–water partition coefficient (Wildman–Crippen LogP) is 6.63. The van der Waals surface area contributed by atoms with Gasteiger partial charge in [-0.05, 0) is 60.7 Å². The van der Waals surface area contributed by atoms with Crippen LogP contribution < -0.4 is 10.1 Å². The third-order valence-electron chi connectivity index (χ3n) is 5.72. The van der Waals surface area contributed by atoms with Crippen LogP contribution in [0.1, 0.15) is 42.0 Å². The molecule has 1 heterocycles. The van der Waals surface area contributed by atoms with Crippen LogP contribution in [0.25, 0.3) is 11.1 Å². The summed E-state index contributed by atoms with van der Waals surface area (Å²) in [5.74, 6) is 1.07. The summed E-state index contributed by atoms with van der Waals surface area (Å²) in [5, 5.41) is 11.9. The monoisotopic (exact) mass is 488 g/mol. The SMILES string of the molecule is Cc1c(C(=O)Nc2ccc(OCCC(C)C)cc2)nnn1Cc1ccc(-c2ccccc2)c(Cl)c1. The Morgan fingerprint density at radius 2 is 1.80 bits per heavy atom. The highest BCUT2D eigenvalue weighted by molar-refractivity contribution is 6.33. The van der Waals surface area contributed by atoms with E-state index in [4.69, 9.17) is 16.3 Å². The number of amides is 1. The van der Waals surface area contributed by atoms with Gasteiger partial charge >= 0.3 is 0 Å². The molecule has 4 aromatic rings. The maximum atomic E-state index is 12.8. The molecular weight excluding hydrogens is 460 g/mol. The third-order valence-corrected chi connectivity index (χ3v) is 6.04. The topological polar surface area (TPSA) is 69.0 Å². The Labute approximate surface area is 210 Å². The fourth-order valence-corrected chi connectivity index (χ4v) is 3.95. The maximum absolute atomic E-state index is 12.8. The van der Waals surface area contributed by atoms with Gasteiger partial charge in [-0.1, -0.05) is 73.1 Å². The summed E-state index contributed by atoms with van der Waals surface area (Å²) in [6, 6.07) is 23.3. The van der Waals surface area contributed by atoms with Gasteiger partial charge in [0.05, 0.1) is 18.8 Å². The van der Waals surface area contributed by atoms with E-state index < -0.39 is 0 Å². The molecule has 6 nitrogen and oxygen atoms in total. The Kier molecular flexibility index (Phi) is 7.83. The first kappa shape index (κ1) is 24.5. The third kappa shape index (κ3) is 6.28. The van der Waals surface area contributed by atoms with E-state index in [1.165, 1.54) is 0 Å². The standard InChI is InChI=1S/C28H29ClN4O2/c1-19(2)15-16-35-24-12-10-23(11-13-24)30-28(34)27-20(3)33(32-31-27)18-21-9-14-25(26(29)17-21)22-7-5-4-6-8-22/h4-14,17,19H,15-16,18H2,1-3H3,(H,30,34). The van der Waals surface area contributed by atoms with Crippen LogP contribution in [0.4, 0.5) is 5.69 Å². The van der Waals surface area contributed by atoms with Crippen LogP contribution in [0.3, 0.4) is 0 Å². The lowest BCUT2D eigenvalue weighted by Crippen LogP contribution is -2.14. The molecular formula is C28H29ClN4O2. The molecule has 0 bridgehead atoms. The molecule has 0 atom stereocenters. The number of ether oxygens (including phenoxy) is 1. The Morgan fingerprint density at radius 3 is 2.49 bits per heavy atom. The zero-order valence-corrected chi connectivity index (χ0v) is 20.9. The van der Waals surface area contributed by atoms with Crippen molar-refractivity contribution in [1.82, 2.24) is 15.0 Å². The minimum atomic E-state index is -0.306. The Bertz CT molecular complexity index is 1280. The number of rotatable bonds is 9. The van der Waals surface area contributed by atoms with Crippen molar-refractivity contribution < 1.29 is 9.53 Å². The van der Waals surface area contributed by atoms with E-state index in [9.17, 15) is 4.79 Å². The molecule has 0 saturated carbocycles. The number of halogens is 1. The number of nitrogens with zero attached hydrogens (tertiary/aromatic N) is 3. The quantitative estimate of drug-likeness (QED) is 0.287. The van der Waals surface area contributed by atoms with Crippen molar-refractivity contribution in [3.05, 3.63) is 94.8 Å². The lowest BCUT2D eigenvalue weighted by Gasteiger charge is -2.10. The molecule has 1 aromatic heterocycles. The highest BCUT2D eigenvalue weighted by Gasteiger charge is 2.17. The van der Waals surface area contributed by atoms with Crippen LogP contribution >= 0.6 is 11.6 Å². The maximum Gasteiger partial charge on any atom is 0.278 e. The van der Waals surface area contributed by atoms with E-state index in [2.05, 4.69) is 29.5 Å². The molecule has 7 heteroatoms. The minimum Gasteiger partial charge on any atom is -0.494 e. The molecule has 4 rings (SSSR count). The van der Waals surface area contributed by atoms with Crippen LogP contribution in [-0.2, 0) is 6.54 Å². The number of hydrogen-bond donors (Lipinski definition) is 1. The highest BCUT2D eigenvalue weighted by Crippen LogP contribution is 2.29. The number of benzene rings is 3. The van der Waals surface area contributed by atoms with E-state index in [1.54, 1.807) is 4.68 Å². The van der Waals surface area contributed by atoms with Gasteiger partial charge in [0.25, 0.3) is 5.91 Å². The normalized spacial score (nSPS) is 11.0. The largest absolute Gasteiger partial charge is 0.494 e. The van der Waals surface area contributed by atoms with Gasteiger partial charge in [0.15, 0.2) is 5.69 Å². The van der Waals surface area contributed by atoms with Gasteiger partial charge in [0.2, 0.25) is 0 Å². The first-order valence-electron chi connectivity index (χ1n) is 11.7. The van der Waals surface area contributed by atoms with E-state index in [1.807, 2.05) is 79.7 Å². The van der Waals surface area contributed by atoms with Gasteiger partial charge in [0, 0.05) is 16.3 Å². The number of aromatic nitrogens is 3. The molecule has 0 aliphatic heterocycles. The second-order valence-corrected chi connectivity index (χ2v) is 9.28. The molecule has 35 heavy (non-hydrogen) atoms. The van der Waals surface area contributed by atoms with Gasteiger partial charge in [-0.2, -0.15) is 0 Å². The fraction of sp³-hybridized carbons (Fsp3) is 0.250. The average molecular weight is 489 g/mol. The predicted molar refractivity (Wildman–Crippen MR) is 140 cm³/mol. The van der Waals surface area contributed by atoms with E-state index in [0.29, 0.717) is 35.5 Å². The van der Waals surface area contributed by atoms with Crippen LogP contribution in [0.2, 0.25) is 5.02 Å². The molecule has 0 fully saturated rings. The Balaban J connectivity index is 1.40. The molecule has 0 radical (unpaired) electrons. The molecule has 1 N–H and O–H groups in total. The summed E-state index contributed by atoms with van der Waals surface area (Å²) < 4.78 is 7.44. The summed E-state index contributed by atoms with van der Waals surface area (Å²) >= 11 is 6.55. The van der Waals surface area contributed by atoms with Crippen molar-refractivity contribution in [1.29, 1.82) is 0 Å². The summed E-state index contributed by atoms with van der Waals surface area (Å²) in [7, 11) is 0. The molecule has 1 amide bonds. The van der Waals surface area contributed by atoms with Gasteiger partial charge in [0.1, 0.15) is 5.75 Å². The average Bonchev–Trinajstić information content (AvgIpc) is 3.20. The highest BCUT2D eigenvalue weighted by atomic mass is 35.5. The summed E-state index contributed by atoms with van der Waals surface area (Å²) in [6.45, 7) is 7.30. The van der Waals surface area contributed by atoms with Crippen molar-refractivity contribution in [2.45, 2.75) is 33.7 Å². The minimum absolute atomic E-state index is 0.286. The number of carbonyl (C=O) groups is 1. The Hall–Kier alpha value is -3.64. The van der Waals surface area contributed by atoms with Gasteiger partial charge in [-0.25, -0.2) is 4.68 Å². The summed E-state index contributed by atoms with van der Waals surface area (Å²) in [6.07, 6.45) is 0.997. The second kappa shape index (κ2) is 11.2. The van der Waals surface area contributed by atoms with Crippen molar-refractivity contribution in [2.75, 3.05) is 11.9 Å². The first-order chi connectivity index (χ1) is 16.9. The Morgan fingerprint density at radius 1 is 1.06 bits per heavy atom. The van der Waals surface area contributed by atoms with Crippen LogP contribution in [0.5, 0.6) is 5.75 Å². The lowest BCUT2D eigenvalue weighted by atomic mass is 10.0. The molecule has 0 aliphatic rings. The van der Waals surface area contributed by atoms with Crippen LogP contribution in [0.15, 0.2) is 72.8 Å². The van der Waals surface area contributed by atoms with E-state index >= 15 is 0 Å². The lowest BCUT2D eigenvalue weighted by molar-refractivity contribution is 0.102. The summed E-state index contributed by atoms with van der Waals surface area (Å²) in [4.78, 5) is 12.8. The van der Waals surface area contributed by atoms with Crippen molar-refractivity contribution in [2.24, 2.45) is 5.92 Å². The molecule has 0 saturated heterocycles. The molecule has 0 spiro atoms. The second-order valence-electron chi connectivity index (χ2n) is 8.87. The number of nitrogens with one attached hydrogen (secondary N) is 1. The molecule has 0 unspecified atom stereocenters. The zero-order valence-electron chi connectivity index (χ0n) is 20.2. The van der Waals surface area contributed by atoms with Crippen LogP contribution in [0, 0.1) is 12.8 Å². The molecule has 3 aromatic carbocycles. The van der Waals surface area contributed by atoms with Gasteiger partial charge in [-0.15, -0.1) is 5.10 Å². The smallest absolute Gasteiger partial charge is 0.278 e. The first-order valence-corrected chi connectivity index (χ1v) is 12.1. The fourth-order valence-electron chi connectivity index (χ4n) is 3.64.